The molecule has 80 valence electrons. The van der Waals surface area contributed by atoms with Gasteiger partial charge in [0.1, 0.15) is 0 Å². The van der Waals surface area contributed by atoms with Gasteiger partial charge in [-0.2, -0.15) is 10.5 Å². The van der Waals surface area contributed by atoms with E-state index in [-0.39, 0.29) is 0 Å². The average molecular weight is 206 g/mol. The van der Waals surface area contributed by atoms with Gasteiger partial charge in [-0.3, -0.25) is 0 Å². The molecule has 0 aromatic rings. The minimum atomic E-state index is -0.401. The molecule has 4 nitrogen and oxygen atoms in total. The van der Waals surface area contributed by atoms with Gasteiger partial charge < -0.3 is 4.74 Å². The molecule has 4 heteroatoms. The molecule has 0 rings (SSSR count). The van der Waals surface area contributed by atoms with Gasteiger partial charge in [0.15, 0.2) is 0 Å². The molecule has 0 aliphatic heterocycles. The molecule has 0 radical (unpaired) electrons. The Morgan fingerprint density at radius 3 is 2.33 bits per heavy atom. The monoisotopic (exact) mass is 206 g/mol. The van der Waals surface area contributed by atoms with Crippen molar-refractivity contribution in [2.75, 3.05) is 6.61 Å². The van der Waals surface area contributed by atoms with Crippen molar-refractivity contribution in [3.05, 3.63) is 25.3 Å². The van der Waals surface area contributed by atoms with Crippen LogP contribution in [0.1, 0.15) is 19.3 Å². The average Bonchev–Trinajstić information content (AvgIpc) is 2.28. The lowest BCUT2D eigenvalue weighted by Crippen LogP contribution is -2.01. The van der Waals surface area contributed by atoms with Crippen LogP contribution in [0.5, 0.6) is 0 Å². The Hall–Kier alpha value is -2.07. The molecule has 0 saturated heterocycles. The van der Waals surface area contributed by atoms with Crippen LogP contribution < -0.4 is 0 Å². The molecule has 0 aliphatic carbocycles. The van der Waals surface area contributed by atoms with Crippen LogP contribution in [0.15, 0.2) is 25.3 Å². The van der Waals surface area contributed by atoms with Gasteiger partial charge in [0.05, 0.1) is 18.7 Å². The number of rotatable bonds is 5. The van der Waals surface area contributed by atoms with Gasteiger partial charge in [0.2, 0.25) is 0 Å². The van der Waals surface area contributed by atoms with E-state index in [9.17, 15) is 4.79 Å². The zero-order valence-electron chi connectivity index (χ0n) is 8.61. The zero-order valence-corrected chi connectivity index (χ0v) is 8.61. The fourth-order valence-electron chi connectivity index (χ4n) is 0.538. The first-order valence-corrected chi connectivity index (χ1v) is 4.39. The summed E-state index contributed by atoms with van der Waals surface area (Å²) in [7, 11) is 0. The molecule has 0 amide bonds. The van der Waals surface area contributed by atoms with E-state index in [1.807, 2.05) is 6.07 Å². The van der Waals surface area contributed by atoms with E-state index in [4.69, 9.17) is 10.5 Å². The van der Waals surface area contributed by atoms with Crippen LogP contribution in [-0.4, -0.2) is 12.6 Å². The molecular weight excluding hydrogens is 192 g/mol. The van der Waals surface area contributed by atoms with Crippen LogP contribution in [0.2, 0.25) is 0 Å². The summed E-state index contributed by atoms with van der Waals surface area (Å²) in [4.78, 5) is 10.4. The molecule has 0 heterocycles. The number of nitriles is 2. The summed E-state index contributed by atoms with van der Waals surface area (Å²) in [6, 6.07) is 3.70. The third-order valence-electron chi connectivity index (χ3n) is 1.19. The van der Waals surface area contributed by atoms with Crippen LogP contribution in [-0.2, 0) is 9.53 Å². The second-order valence-electron chi connectivity index (χ2n) is 2.32. The largest absolute Gasteiger partial charge is 0.463 e. The predicted molar refractivity (Wildman–Crippen MR) is 56.4 cm³/mol. The van der Waals surface area contributed by atoms with Gasteiger partial charge in [-0.15, -0.1) is 0 Å². The van der Waals surface area contributed by atoms with Crippen LogP contribution >= 0.6 is 0 Å². The van der Waals surface area contributed by atoms with Crippen molar-refractivity contribution in [1.82, 2.24) is 0 Å². The molecule has 0 unspecified atom stereocenters. The van der Waals surface area contributed by atoms with E-state index in [1.54, 1.807) is 6.07 Å². The maximum Gasteiger partial charge on any atom is 0.330 e. The van der Waals surface area contributed by atoms with E-state index in [2.05, 4.69) is 17.9 Å². The summed E-state index contributed by atoms with van der Waals surface area (Å²) >= 11 is 0. The van der Waals surface area contributed by atoms with Crippen molar-refractivity contribution < 1.29 is 9.53 Å². The van der Waals surface area contributed by atoms with Crippen molar-refractivity contribution in [1.29, 1.82) is 10.5 Å². The highest BCUT2D eigenvalue weighted by molar-refractivity contribution is 5.81. The van der Waals surface area contributed by atoms with Crippen LogP contribution in [0.25, 0.3) is 0 Å². The molecule has 0 aliphatic rings. The Bertz CT molecular complexity index is 271. The number of esters is 1. The summed E-state index contributed by atoms with van der Waals surface area (Å²) in [6.45, 7) is 6.75. The summed E-state index contributed by atoms with van der Waals surface area (Å²) in [6.07, 6.45) is 4.35. The molecule has 0 fully saturated rings. The van der Waals surface area contributed by atoms with Gasteiger partial charge in [-0.1, -0.05) is 13.2 Å². The fraction of sp³-hybridized carbons (Fsp3) is 0.364. The number of hydrogen-bond donors (Lipinski definition) is 0. The van der Waals surface area contributed by atoms with E-state index >= 15 is 0 Å². The van der Waals surface area contributed by atoms with Gasteiger partial charge in [-0.05, 0) is 12.8 Å². The Balaban J connectivity index is 0. The highest BCUT2D eigenvalue weighted by Gasteiger charge is 1.93. The van der Waals surface area contributed by atoms with Crippen LogP contribution in [0, 0.1) is 22.7 Å². The zero-order chi connectivity index (χ0) is 11.9. The number of nitrogens with zero attached hydrogens (tertiary/aromatic N) is 2. The Morgan fingerprint density at radius 1 is 1.33 bits per heavy atom. The minimum absolute atomic E-state index is 0.381. The predicted octanol–water partition coefficient (Wildman–Crippen LogP) is 2.11. The summed E-state index contributed by atoms with van der Waals surface area (Å²) in [5.74, 6) is -0.401. The Kier molecular flexibility index (Phi) is 14.8. The topological polar surface area (TPSA) is 73.9 Å². The fourth-order valence-corrected chi connectivity index (χ4v) is 0.538. The molecule has 0 bridgehead atoms. The number of ether oxygens (including phenoxy) is 1. The number of allylic oxidation sites excluding steroid dienone is 1. The Morgan fingerprint density at radius 2 is 1.93 bits per heavy atom. The van der Waals surface area contributed by atoms with Crippen molar-refractivity contribution in [2.45, 2.75) is 19.3 Å². The normalized spacial score (nSPS) is 7.07. The Labute approximate surface area is 90.1 Å². The van der Waals surface area contributed by atoms with E-state index in [0.717, 1.165) is 18.9 Å². The number of carbonyl (C=O) groups is 1. The van der Waals surface area contributed by atoms with Crippen LogP contribution in [0.4, 0.5) is 0 Å². The highest BCUT2D eigenvalue weighted by Crippen LogP contribution is 1.94. The molecule has 0 atom stereocenters. The summed E-state index contributed by atoms with van der Waals surface area (Å²) in [5.41, 5.74) is 0. The van der Waals surface area contributed by atoms with Gasteiger partial charge >= 0.3 is 5.97 Å². The maximum absolute atomic E-state index is 10.4. The molecular formula is C11H14N2O2. The number of hydrogen-bond acceptors (Lipinski definition) is 4. The maximum atomic E-state index is 10.4. The van der Waals surface area contributed by atoms with Crippen molar-refractivity contribution in [2.24, 2.45) is 0 Å². The lowest BCUT2D eigenvalue weighted by atomic mass is 10.3. The first-order valence-electron chi connectivity index (χ1n) is 4.39. The van der Waals surface area contributed by atoms with Crippen molar-refractivity contribution in [3.63, 3.8) is 0 Å². The molecule has 0 saturated carbocycles. The second-order valence-corrected chi connectivity index (χ2v) is 2.32. The van der Waals surface area contributed by atoms with Gasteiger partial charge in [-0.25, -0.2) is 4.79 Å². The molecule has 0 aromatic heterocycles. The minimum Gasteiger partial charge on any atom is -0.463 e. The van der Waals surface area contributed by atoms with Gasteiger partial charge in [0.25, 0.3) is 0 Å². The number of carbonyl (C=O) groups excluding carboxylic acids is 1. The van der Waals surface area contributed by atoms with Crippen LogP contribution in [0.3, 0.4) is 0 Å². The lowest BCUT2D eigenvalue weighted by molar-refractivity contribution is -0.137. The molecule has 0 aromatic carbocycles. The first-order chi connectivity index (χ1) is 7.22. The van der Waals surface area contributed by atoms with E-state index in [1.165, 1.54) is 6.08 Å². The van der Waals surface area contributed by atoms with E-state index in [0.29, 0.717) is 13.0 Å². The first kappa shape index (κ1) is 15.4. The van der Waals surface area contributed by atoms with Crippen molar-refractivity contribution in [3.8, 4) is 12.1 Å². The van der Waals surface area contributed by atoms with E-state index < -0.39 is 5.97 Å². The quantitative estimate of drug-likeness (QED) is 0.299. The van der Waals surface area contributed by atoms with Gasteiger partial charge in [0, 0.05) is 18.6 Å². The summed E-state index contributed by atoms with van der Waals surface area (Å²) < 4.78 is 4.67. The molecule has 0 spiro atoms. The third-order valence-corrected chi connectivity index (χ3v) is 1.19. The molecule has 15 heavy (non-hydrogen) atoms. The second kappa shape index (κ2) is 14.5. The third kappa shape index (κ3) is 18.7. The smallest absolute Gasteiger partial charge is 0.330 e. The molecule has 0 N–H and O–H groups in total. The lowest BCUT2D eigenvalue weighted by Gasteiger charge is -1.98. The SMILES string of the molecule is C=CC#N.C=CC(=O)OCCCCC#N. The standard InChI is InChI=1S/C8H11NO2.C3H3N/c1-2-8(10)11-7-5-3-4-6-9;1-2-3-4/h2H,1,3-5,7H2;2H,1H2. The summed E-state index contributed by atoms with van der Waals surface area (Å²) in [5, 5.41) is 15.7. The van der Waals surface area contributed by atoms with Crippen molar-refractivity contribution >= 4 is 5.97 Å². The number of unbranched alkanes of at least 4 members (excludes halogenated alkanes) is 2. The highest BCUT2D eigenvalue weighted by atomic mass is 16.5.